The van der Waals surface area contributed by atoms with Gasteiger partial charge in [-0.25, -0.2) is 9.37 Å². The molecule has 0 amide bonds. The van der Waals surface area contributed by atoms with E-state index in [2.05, 4.69) is 4.98 Å². The molecular weight excluding hydrogens is 383 g/mol. The smallest absolute Gasteiger partial charge is 0.258 e. The van der Waals surface area contributed by atoms with Gasteiger partial charge in [-0.1, -0.05) is 18.2 Å². The van der Waals surface area contributed by atoms with E-state index in [9.17, 15) is 14.3 Å². The number of nitrogens with zero attached hydrogens (tertiary/aromatic N) is 2. The van der Waals surface area contributed by atoms with Gasteiger partial charge in [0, 0.05) is 23.3 Å². The van der Waals surface area contributed by atoms with E-state index in [1.807, 2.05) is 24.3 Å². The quantitative estimate of drug-likeness (QED) is 0.538. The minimum Gasteiger partial charge on any atom is -0.489 e. The molecule has 0 spiro atoms. The molecule has 0 fully saturated rings. The molecule has 30 heavy (non-hydrogen) atoms. The van der Waals surface area contributed by atoms with Crippen molar-refractivity contribution in [2.24, 2.45) is 0 Å². The average Bonchev–Trinajstić information content (AvgIpc) is 2.72. The van der Waals surface area contributed by atoms with E-state index in [0.717, 1.165) is 16.5 Å². The normalized spacial score (nSPS) is 11.6. The summed E-state index contributed by atoms with van der Waals surface area (Å²) in [6.45, 7) is 3.62. The van der Waals surface area contributed by atoms with Crippen LogP contribution in [0, 0.1) is 5.82 Å². The summed E-state index contributed by atoms with van der Waals surface area (Å²) in [6, 6.07) is 18.3. The maximum atomic E-state index is 13.0. The second kappa shape index (κ2) is 7.72. The molecule has 0 aliphatic heterocycles. The minimum absolute atomic E-state index is 0.230. The lowest BCUT2D eigenvalue weighted by atomic mass is 10.0. The first-order chi connectivity index (χ1) is 14.3. The van der Waals surface area contributed by atoms with Crippen LogP contribution >= 0.6 is 0 Å². The summed E-state index contributed by atoms with van der Waals surface area (Å²) in [5.74, 6) is 0.140. The molecule has 1 N–H and O–H groups in total. The lowest BCUT2D eigenvalue weighted by Gasteiger charge is -2.17. The summed E-state index contributed by atoms with van der Waals surface area (Å²) in [6.07, 6.45) is 1.65. The molecule has 0 radical (unpaired) electrons. The van der Waals surface area contributed by atoms with E-state index < -0.39 is 5.60 Å². The number of aromatic nitrogens is 2. The van der Waals surface area contributed by atoms with Crippen LogP contribution in [0.3, 0.4) is 0 Å². The Morgan fingerprint density at radius 3 is 2.50 bits per heavy atom. The van der Waals surface area contributed by atoms with Gasteiger partial charge < -0.3 is 9.84 Å². The van der Waals surface area contributed by atoms with Crippen molar-refractivity contribution >= 4 is 10.9 Å². The molecular formula is C24H21FN2O3. The largest absolute Gasteiger partial charge is 0.489 e. The third kappa shape index (κ3) is 4.23. The summed E-state index contributed by atoms with van der Waals surface area (Å²) in [5, 5.41) is 11.0. The van der Waals surface area contributed by atoms with Gasteiger partial charge in [0.05, 0.1) is 11.2 Å². The number of hydrogen-bond donors (Lipinski definition) is 1. The van der Waals surface area contributed by atoms with E-state index >= 15 is 0 Å². The highest BCUT2D eigenvalue weighted by molar-refractivity contribution is 5.81. The first-order valence-electron chi connectivity index (χ1n) is 9.54. The van der Waals surface area contributed by atoms with E-state index in [1.54, 1.807) is 44.3 Å². The molecule has 0 saturated carbocycles. The highest BCUT2D eigenvalue weighted by atomic mass is 19.1. The van der Waals surface area contributed by atoms with Gasteiger partial charge in [-0.2, -0.15) is 0 Å². The zero-order valence-corrected chi connectivity index (χ0v) is 16.7. The monoisotopic (exact) mass is 404 g/mol. The van der Waals surface area contributed by atoms with Gasteiger partial charge in [-0.15, -0.1) is 0 Å². The fourth-order valence-electron chi connectivity index (χ4n) is 3.11. The molecule has 5 nitrogen and oxygen atoms in total. The number of rotatable bonds is 5. The predicted molar refractivity (Wildman–Crippen MR) is 113 cm³/mol. The summed E-state index contributed by atoms with van der Waals surface area (Å²) in [4.78, 5) is 17.1. The van der Waals surface area contributed by atoms with Crippen molar-refractivity contribution in [3.8, 4) is 11.4 Å². The van der Waals surface area contributed by atoms with Crippen molar-refractivity contribution < 1.29 is 14.2 Å². The first kappa shape index (κ1) is 19.8. The first-order valence-corrected chi connectivity index (χ1v) is 9.54. The summed E-state index contributed by atoms with van der Waals surface area (Å²) < 4.78 is 20.1. The molecule has 4 rings (SSSR count). The van der Waals surface area contributed by atoms with Gasteiger partial charge in [0.1, 0.15) is 23.8 Å². The van der Waals surface area contributed by atoms with Crippen LogP contribution in [0.1, 0.15) is 25.1 Å². The number of fused-ring (bicyclic) bond motifs is 1. The van der Waals surface area contributed by atoms with Crippen LogP contribution in [-0.2, 0) is 12.2 Å². The van der Waals surface area contributed by atoms with Crippen LogP contribution in [0.5, 0.6) is 5.75 Å². The van der Waals surface area contributed by atoms with E-state index in [1.165, 1.54) is 22.8 Å². The van der Waals surface area contributed by atoms with Crippen molar-refractivity contribution in [2.45, 2.75) is 26.1 Å². The Morgan fingerprint density at radius 2 is 1.80 bits per heavy atom. The zero-order chi connectivity index (χ0) is 21.3. The van der Waals surface area contributed by atoms with Crippen LogP contribution in [0.25, 0.3) is 16.6 Å². The maximum absolute atomic E-state index is 13.0. The highest BCUT2D eigenvalue weighted by Crippen LogP contribution is 2.23. The number of benzene rings is 2. The van der Waals surface area contributed by atoms with Crippen LogP contribution in [0.4, 0.5) is 4.39 Å². The van der Waals surface area contributed by atoms with Crippen molar-refractivity contribution in [3.05, 3.63) is 100 Å². The van der Waals surface area contributed by atoms with Gasteiger partial charge in [-0.3, -0.25) is 9.36 Å². The molecule has 0 atom stereocenters. The van der Waals surface area contributed by atoms with Crippen LogP contribution in [0.2, 0.25) is 0 Å². The summed E-state index contributed by atoms with van der Waals surface area (Å²) >= 11 is 0. The van der Waals surface area contributed by atoms with Gasteiger partial charge in [0.25, 0.3) is 5.56 Å². The van der Waals surface area contributed by atoms with Crippen molar-refractivity contribution in [3.63, 3.8) is 0 Å². The Morgan fingerprint density at radius 1 is 1.03 bits per heavy atom. The third-order valence-corrected chi connectivity index (χ3v) is 4.79. The van der Waals surface area contributed by atoms with Gasteiger partial charge in [-0.05, 0) is 61.9 Å². The lowest BCUT2D eigenvalue weighted by Crippen LogP contribution is -2.18. The molecule has 0 aliphatic rings. The molecule has 2 aromatic carbocycles. The number of pyridine rings is 2. The fraction of sp³-hybridized carbons (Fsp3) is 0.167. The average molecular weight is 404 g/mol. The van der Waals surface area contributed by atoms with Crippen LogP contribution in [0.15, 0.2) is 77.7 Å². The summed E-state index contributed by atoms with van der Waals surface area (Å²) in [5.41, 5.74) is 1.59. The Bertz CT molecular complexity index is 1260. The topological polar surface area (TPSA) is 64.3 Å². The second-order valence-electron chi connectivity index (χ2n) is 7.62. The van der Waals surface area contributed by atoms with Crippen molar-refractivity contribution in [1.29, 1.82) is 0 Å². The molecule has 0 bridgehead atoms. The highest BCUT2D eigenvalue weighted by Gasteiger charge is 2.17. The molecule has 0 saturated heterocycles. The Kier molecular flexibility index (Phi) is 5.10. The second-order valence-corrected chi connectivity index (χ2v) is 7.62. The fourth-order valence-corrected chi connectivity index (χ4v) is 3.11. The van der Waals surface area contributed by atoms with Gasteiger partial charge in [0.15, 0.2) is 0 Å². The number of aliphatic hydroxyl groups is 1. The maximum Gasteiger partial charge on any atom is 0.258 e. The molecule has 0 aliphatic carbocycles. The molecule has 152 valence electrons. The van der Waals surface area contributed by atoms with E-state index in [4.69, 9.17) is 4.74 Å². The van der Waals surface area contributed by atoms with Crippen LogP contribution in [-0.4, -0.2) is 14.7 Å². The van der Waals surface area contributed by atoms with Crippen molar-refractivity contribution in [1.82, 2.24) is 9.55 Å². The summed E-state index contributed by atoms with van der Waals surface area (Å²) in [7, 11) is 0. The standard InChI is InChI=1S/C24H21FN2O3/c1-24(2,29)22-10-5-17-13-19(8-9-21(17)26-22)27-12-11-20(14-23(27)28)30-15-16-3-6-18(25)7-4-16/h3-14,29H,15H2,1-2H3. The molecule has 4 aromatic rings. The predicted octanol–water partition coefficient (Wildman–Crippen LogP) is 4.33. The number of ether oxygens (including phenoxy) is 1. The molecule has 0 unspecified atom stereocenters. The third-order valence-electron chi connectivity index (χ3n) is 4.79. The zero-order valence-electron chi connectivity index (χ0n) is 16.7. The molecule has 2 aromatic heterocycles. The van der Waals surface area contributed by atoms with Crippen LogP contribution < -0.4 is 10.3 Å². The Labute approximate surface area is 173 Å². The lowest BCUT2D eigenvalue weighted by molar-refractivity contribution is 0.0742. The molecule has 2 heterocycles. The number of hydrogen-bond acceptors (Lipinski definition) is 4. The Balaban J connectivity index is 1.57. The Hall–Kier alpha value is -3.51. The minimum atomic E-state index is -1.02. The van der Waals surface area contributed by atoms with Gasteiger partial charge >= 0.3 is 0 Å². The van der Waals surface area contributed by atoms with Gasteiger partial charge in [0.2, 0.25) is 0 Å². The number of halogens is 1. The molecule has 6 heteroatoms. The SMILES string of the molecule is CC(C)(O)c1ccc2cc(-n3ccc(OCc4ccc(F)cc4)cc3=O)ccc2n1. The van der Waals surface area contributed by atoms with Crippen molar-refractivity contribution in [2.75, 3.05) is 0 Å². The van der Waals surface area contributed by atoms with E-state index in [0.29, 0.717) is 17.1 Å². The van der Waals surface area contributed by atoms with E-state index in [-0.39, 0.29) is 18.0 Å².